The number of likely N-dealkylation sites (tertiary alicyclic amines) is 1. The van der Waals surface area contributed by atoms with Gasteiger partial charge in [-0.2, -0.15) is 0 Å². The molecule has 1 aliphatic rings. The van der Waals surface area contributed by atoms with Gasteiger partial charge in [0.15, 0.2) is 0 Å². The van der Waals surface area contributed by atoms with Crippen LogP contribution in [0.5, 0.6) is 5.75 Å². The van der Waals surface area contributed by atoms with Gasteiger partial charge in [0.25, 0.3) is 11.8 Å². The average molecular weight is 352 g/mol. The van der Waals surface area contributed by atoms with E-state index < -0.39 is 0 Å². The molecule has 136 valence electrons. The fourth-order valence-electron chi connectivity index (χ4n) is 2.96. The van der Waals surface area contributed by atoms with E-state index in [1.165, 1.54) is 0 Å². The van der Waals surface area contributed by atoms with Gasteiger partial charge in [0.05, 0.1) is 0 Å². The van der Waals surface area contributed by atoms with Gasteiger partial charge < -0.3 is 14.5 Å². The van der Waals surface area contributed by atoms with E-state index in [4.69, 9.17) is 4.74 Å². The van der Waals surface area contributed by atoms with Crippen LogP contribution >= 0.6 is 0 Å². The van der Waals surface area contributed by atoms with Gasteiger partial charge in [-0.25, -0.2) is 0 Å². The van der Waals surface area contributed by atoms with Crippen LogP contribution in [0.3, 0.4) is 0 Å². The Kier molecular flexibility index (Phi) is 5.56. The van der Waals surface area contributed by atoms with Crippen LogP contribution in [0.15, 0.2) is 48.5 Å². The molecule has 2 aromatic carbocycles. The van der Waals surface area contributed by atoms with Crippen molar-refractivity contribution in [3.8, 4) is 5.75 Å². The lowest BCUT2D eigenvalue weighted by Gasteiger charge is -2.15. The van der Waals surface area contributed by atoms with Gasteiger partial charge in [-0.15, -0.1) is 0 Å². The monoisotopic (exact) mass is 352 g/mol. The number of benzene rings is 2. The molecule has 3 rings (SSSR count). The van der Waals surface area contributed by atoms with Gasteiger partial charge in [0.2, 0.25) is 0 Å². The van der Waals surface area contributed by atoms with Gasteiger partial charge in [0, 0.05) is 38.3 Å². The van der Waals surface area contributed by atoms with Crippen LogP contribution < -0.4 is 4.74 Å². The highest BCUT2D eigenvalue weighted by Crippen LogP contribution is 2.17. The molecular formula is C21H24N2O3. The zero-order chi connectivity index (χ0) is 18.5. The van der Waals surface area contributed by atoms with Crippen LogP contribution in [0.4, 0.5) is 0 Å². The Morgan fingerprint density at radius 3 is 2.08 bits per heavy atom. The molecule has 1 saturated heterocycles. The first-order valence-electron chi connectivity index (χ1n) is 8.87. The average Bonchev–Trinajstić information content (AvgIpc) is 3.21. The molecule has 1 fully saturated rings. The summed E-state index contributed by atoms with van der Waals surface area (Å²) in [7, 11) is 3.45. The van der Waals surface area contributed by atoms with Gasteiger partial charge in [-0.05, 0) is 54.8 Å². The Balaban J connectivity index is 1.56. The van der Waals surface area contributed by atoms with Crippen molar-refractivity contribution in [2.45, 2.75) is 19.4 Å². The Morgan fingerprint density at radius 2 is 1.50 bits per heavy atom. The zero-order valence-corrected chi connectivity index (χ0v) is 15.3. The van der Waals surface area contributed by atoms with Crippen LogP contribution in [-0.2, 0) is 6.61 Å². The Bertz CT molecular complexity index is 761. The predicted octanol–water partition coefficient (Wildman–Crippen LogP) is 3.20. The summed E-state index contributed by atoms with van der Waals surface area (Å²) in [5.74, 6) is 0.781. The molecule has 1 aliphatic heterocycles. The van der Waals surface area contributed by atoms with E-state index in [9.17, 15) is 9.59 Å². The van der Waals surface area contributed by atoms with E-state index in [0.717, 1.165) is 37.1 Å². The molecule has 0 aromatic heterocycles. The van der Waals surface area contributed by atoms with Crippen molar-refractivity contribution in [1.29, 1.82) is 0 Å². The van der Waals surface area contributed by atoms with E-state index >= 15 is 0 Å². The molecule has 0 radical (unpaired) electrons. The summed E-state index contributed by atoms with van der Waals surface area (Å²) >= 11 is 0. The highest BCUT2D eigenvalue weighted by atomic mass is 16.5. The van der Waals surface area contributed by atoms with Crippen LogP contribution in [0.2, 0.25) is 0 Å². The number of rotatable bonds is 5. The molecule has 0 bridgehead atoms. The third-order valence-electron chi connectivity index (χ3n) is 4.51. The van der Waals surface area contributed by atoms with Crippen LogP contribution in [0.25, 0.3) is 0 Å². The number of ether oxygens (including phenoxy) is 1. The molecule has 1 heterocycles. The van der Waals surface area contributed by atoms with Gasteiger partial charge >= 0.3 is 0 Å². The van der Waals surface area contributed by atoms with Crippen LogP contribution in [0.1, 0.15) is 39.1 Å². The smallest absolute Gasteiger partial charge is 0.253 e. The van der Waals surface area contributed by atoms with Crippen molar-refractivity contribution in [2.75, 3.05) is 27.2 Å². The van der Waals surface area contributed by atoms with Crippen LogP contribution in [0, 0.1) is 0 Å². The van der Waals surface area contributed by atoms with Gasteiger partial charge in [0.1, 0.15) is 12.4 Å². The minimum absolute atomic E-state index is 0.0326. The number of carbonyl (C=O) groups excluding carboxylic acids is 2. The second-order valence-corrected chi connectivity index (χ2v) is 6.71. The maximum Gasteiger partial charge on any atom is 0.253 e. The third-order valence-corrected chi connectivity index (χ3v) is 4.51. The number of hydrogen-bond acceptors (Lipinski definition) is 3. The predicted molar refractivity (Wildman–Crippen MR) is 100 cm³/mol. The lowest BCUT2D eigenvalue weighted by Crippen LogP contribution is -2.27. The van der Waals surface area contributed by atoms with Gasteiger partial charge in [-0.1, -0.05) is 12.1 Å². The van der Waals surface area contributed by atoms with Crippen LogP contribution in [-0.4, -0.2) is 48.8 Å². The molecule has 0 saturated carbocycles. The lowest BCUT2D eigenvalue weighted by atomic mass is 10.1. The molecular weight excluding hydrogens is 328 g/mol. The summed E-state index contributed by atoms with van der Waals surface area (Å²) in [5.41, 5.74) is 2.35. The second kappa shape index (κ2) is 8.04. The minimum atomic E-state index is -0.0326. The second-order valence-electron chi connectivity index (χ2n) is 6.71. The van der Waals surface area contributed by atoms with Crippen molar-refractivity contribution in [3.05, 3.63) is 65.2 Å². The molecule has 0 unspecified atom stereocenters. The first-order chi connectivity index (χ1) is 12.5. The molecule has 2 aromatic rings. The van der Waals surface area contributed by atoms with E-state index in [0.29, 0.717) is 17.9 Å². The Labute approximate surface area is 154 Å². The number of carbonyl (C=O) groups is 2. The summed E-state index contributed by atoms with van der Waals surface area (Å²) in [4.78, 5) is 27.7. The largest absolute Gasteiger partial charge is 0.489 e. The molecule has 2 amide bonds. The molecule has 5 nitrogen and oxygen atoms in total. The van der Waals surface area contributed by atoms with E-state index in [2.05, 4.69) is 0 Å². The molecule has 5 heteroatoms. The number of nitrogens with zero attached hydrogens (tertiary/aromatic N) is 2. The zero-order valence-electron chi connectivity index (χ0n) is 15.3. The van der Waals surface area contributed by atoms with E-state index in [-0.39, 0.29) is 11.8 Å². The maximum atomic E-state index is 12.3. The lowest BCUT2D eigenvalue weighted by molar-refractivity contribution is 0.0791. The number of hydrogen-bond donors (Lipinski definition) is 0. The van der Waals surface area contributed by atoms with Crippen molar-refractivity contribution in [2.24, 2.45) is 0 Å². The van der Waals surface area contributed by atoms with E-state index in [1.54, 1.807) is 43.3 Å². The third kappa shape index (κ3) is 4.23. The quantitative estimate of drug-likeness (QED) is 0.830. The summed E-state index contributed by atoms with van der Waals surface area (Å²) in [6.45, 7) is 2.13. The maximum absolute atomic E-state index is 12.3. The van der Waals surface area contributed by atoms with Crippen molar-refractivity contribution in [1.82, 2.24) is 9.80 Å². The molecule has 0 N–H and O–H groups in total. The van der Waals surface area contributed by atoms with E-state index in [1.807, 2.05) is 29.2 Å². The van der Waals surface area contributed by atoms with Crippen molar-refractivity contribution >= 4 is 11.8 Å². The summed E-state index contributed by atoms with van der Waals surface area (Å²) in [6, 6.07) is 14.7. The molecule has 0 spiro atoms. The molecule has 26 heavy (non-hydrogen) atoms. The fraction of sp³-hybridized carbons (Fsp3) is 0.333. The summed E-state index contributed by atoms with van der Waals surface area (Å²) in [5, 5.41) is 0. The Hall–Kier alpha value is -2.82. The summed E-state index contributed by atoms with van der Waals surface area (Å²) < 4.78 is 5.77. The normalized spacial score (nSPS) is 13.5. The van der Waals surface area contributed by atoms with Gasteiger partial charge in [-0.3, -0.25) is 9.59 Å². The standard InChI is InChI=1S/C21H24N2O3/c1-22(2)20(24)17-9-11-19(12-10-17)26-15-16-5-7-18(8-6-16)21(25)23-13-3-4-14-23/h5-12H,3-4,13-15H2,1-2H3. The van der Waals surface area contributed by atoms with Crippen molar-refractivity contribution < 1.29 is 14.3 Å². The Morgan fingerprint density at radius 1 is 0.923 bits per heavy atom. The highest BCUT2D eigenvalue weighted by Gasteiger charge is 2.19. The van der Waals surface area contributed by atoms with Crippen molar-refractivity contribution in [3.63, 3.8) is 0 Å². The number of amides is 2. The topological polar surface area (TPSA) is 49.9 Å². The summed E-state index contributed by atoms with van der Waals surface area (Å²) in [6.07, 6.45) is 2.19. The SMILES string of the molecule is CN(C)C(=O)c1ccc(OCc2ccc(C(=O)N3CCCC3)cc2)cc1. The molecule has 0 aliphatic carbocycles. The fourth-order valence-corrected chi connectivity index (χ4v) is 2.96. The first kappa shape index (κ1) is 18.0. The minimum Gasteiger partial charge on any atom is -0.489 e. The first-order valence-corrected chi connectivity index (χ1v) is 8.87. The highest BCUT2D eigenvalue weighted by molar-refractivity contribution is 5.94. The molecule has 0 atom stereocenters.